The third-order valence-electron chi connectivity index (χ3n) is 2.78. The van der Waals surface area contributed by atoms with Gasteiger partial charge in [0.2, 0.25) is 0 Å². The number of hydrogen-bond acceptors (Lipinski definition) is 4. The molecule has 3 amide bonds. The zero-order valence-corrected chi connectivity index (χ0v) is 11.7. The number of carbonyl (C=O) groups excluding carboxylic acids is 2. The summed E-state index contributed by atoms with van der Waals surface area (Å²) in [6.45, 7) is 0.494. The van der Waals surface area contributed by atoms with Crippen LogP contribution in [0.3, 0.4) is 0 Å². The van der Waals surface area contributed by atoms with Gasteiger partial charge in [0.1, 0.15) is 5.00 Å². The Labute approximate surface area is 119 Å². The molecule has 0 aliphatic rings. The minimum Gasteiger partial charge on any atom is -0.365 e. The first-order valence-electron chi connectivity index (χ1n) is 5.97. The molecule has 0 aromatic carbocycles. The molecule has 2 aromatic rings. The molecule has 0 spiro atoms. The van der Waals surface area contributed by atoms with Gasteiger partial charge < -0.3 is 15.6 Å². The van der Waals surface area contributed by atoms with Crippen LogP contribution in [0.5, 0.6) is 0 Å². The Balaban J connectivity index is 1.82. The van der Waals surface area contributed by atoms with Crippen LogP contribution in [0, 0.1) is 0 Å². The fourth-order valence-electron chi connectivity index (χ4n) is 1.71. The largest absolute Gasteiger partial charge is 0.365 e. The minimum absolute atomic E-state index is 0.215. The van der Waals surface area contributed by atoms with E-state index in [1.807, 2.05) is 29.9 Å². The van der Waals surface area contributed by atoms with E-state index in [1.54, 1.807) is 0 Å². The van der Waals surface area contributed by atoms with E-state index in [0.717, 1.165) is 23.6 Å². The maximum Gasteiger partial charge on any atom is 0.319 e. The van der Waals surface area contributed by atoms with Crippen molar-refractivity contribution in [1.29, 1.82) is 0 Å². The normalized spacial score (nSPS) is 10.2. The number of anilines is 1. The van der Waals surface area contributed by atoms with Crippen LogP contribution < -0.4 is 16.4 Å². The van der Waals surface area contributed by atoms with Crippen molar-refractivity contribution in [2.45, 2.75) is 6.42 Å². The van der Waals surface area contributed by atoms with Crippen LogP contribution in [0.1, 0.15) is 16.1 Å². The molecule has 0 aliphatic heterocycles. The first-order chi connectivity index (χ1) is 9.58. The maximum absolute atomic E-state index is 11.7. The van der Waals surface area contributed by atoms with Gasteiger partial charge in [0.05, 0.1) is 11.8 Å². The van der Waals surface area contributed by atoms with Crippen molar-refractivity contribution in [3.63, 3.8) is 0 Å². The number of hydrogen-bond donors (Lipinski definition) is 3. The number of nitrogens with zero attached hydrogens (tertiary/aromatic N) is 2. The third kappa shape index (κ3) is 3.35. The monoisotopic (exact) mass is 293 g/mol. The highest BCUT2D eigenvalue weighted by atomic mass is 32.1. The van der Waals surface area contributed by atoms with Gasteiger partial charge in [-0.1, -0.05) is 0 Å². The molecule has 0 unspecified atom stereocenters. The average Bonchev–Trinajstić information content (AvgIpc) is 2.99. The van der Waals surface area contributed by atoms with Crippen LogP contribution in [0.15, 0.2) is 24.5 Å². The predicted molar refractivity (Wildman–Crippen MR) is 76.8 cm³/mol. The summed E-state index contributed by atoms with van der Waals surface area (Å²) in [7, 11) is 1.95. The first kappa shape index (κ1) is 14.1. The van der Waals surface area contributed by atoms with Gasteiger partial charge in [-0.05, 0) is 23.7 Å². The fraction of sp³-hybridized carbons (Fsp3) is 0.250. The second kappa shape index (κ2) is 6.20. The van der Waals surface area contributed by atoms with Gasteiger partial charge in [0, 0.05) is 31.9 Å². The number of aromatic nitrogens is 2. The van der Waals surface area contributed by atoms with E-state index >= 15 is 0 Å². The molecule has 0 aliphatic carbocycles. The zero-order chi connectivity index (χ0) is 14.5. The summed E-state index contributed by atoms with van der Waals surface area (Å²) < 4.78 is 5.82. The number of carbonyl (C=O) groups is 2. The molecule has 0 fully saturated rings. The van der Waals surface area contributed by atoms with Crippen LogP contribution in [0.2, 0.25) is 0 Å². The van der Waals surface area contributed by atoms with Crippen LogP contribution in [0.4, 0.5) is 9.80 Å². The molecule has 7 nitrogen and oxygen atoms in total. The number of nitrogens with one attached hydrogen (secondary N) is 2. The van der Waals surface area contributed by atoms with Crippen LogP contribution in [0.25, 0.3) is 0 Å². The van der Waals surface area contributed by atoms with Crippen molar-refractivity contribution in [2.24, 2.45) is 12.8 Å². The molecule has 0 saturated heterocycles. The van der Waals surface area contributed by atoms with Gasteiger partial charge in [0.25, 0.3) is 5.91 Å². The third-order valence-corrected chi connectivity index (χ3v) is 3.50. The first-order valence-corrected chi connectivity index (χ1v) is 6.75. The molecule has 2 aromatic heterocycles. The molecule has 8 heteroatoms. The molecule has 2 heterocycles. The second-order valence-corrected chi connectivity index (χ2v) is 4.98. The Hall–Kier alpha value is -2.35. The van der Waals surface area contributed by atoms with Gasteiger partial charge in [-0.3, -0.25) is 10.1 Å². The van der Waals surface area contributed by atoms with Crippen LogP contribution in [-0.4, -0.2) is 27.4 Å². The van der Waals surface area contributed by atoms with Crippen molar-refractivity contribution in [2.75, 3.05) is 11.9 Å². The molecular weight excluding hydrogens is 278 g/mol. The van der Waals surface area contributed by atoms with E-state index in [9.17, 15) is 9.59 Å². The SMILES string of the molecule is Cn1cccc1CCNC(=O)Nc1sncc1C(N)=O. The maximum atomic E-state index is 11.7. The van der Waals surface area contributed by atoms with Crippen molar-refractivity contribution < 1.29 is 9.59 Å². The Morgan fingerprint density at radius 3 is 2.95 bits per heavy atom. The number of aryl methyl sites for hydroxylation is 1. The second-order valence-electron chi connectivity index (χ2n) is 4.17. The summed E-state index contributed by atoms with van der Waals surface area (Å²) in [4.78, 5) is 22.8. The number of nitrogens with two attached hydrogens (primary N) is 1. The summed E-state index contributed by atoms with van der Waals surface area (Å²) in [5, 5.41) is 5.64. The van der Waals surface area contributed by atoms with Crippen molar-refractivity contribution >= 4 is 28.5 Å². The van der Waals surface area contributed by atoms with Gasteiger partial charge in [0.15, 0.2) is 0 Å². The summed E-state index contributed by atoms with van der Waals surface area (Å²) in [5.41, 5.74) is 6.51. The van der Waals surface area contributed by atoms with Gasteiger partial charge >= 0.3 is 6.03 Å². The smallest absolute Gasteiger partial charge is 0.319 e. The molecule has 0 atom stereocenters. The molecule has 20 heavy (non-hydrogen) atoms. The van der Waals surface area contributed by atoms with E-state index in [4.69, 9.17) is 5.73 Å². The summed E-state index contributed by atoms with van der Waals surface area (Å²) in [6.07, 6.45) is 4.01. The zero-order valence-electron chi connectivity index (χ0n) is 10.9. The lowest BCUT2D eigenvalue weighted by atomic mass is 10.3. The molecular formula is C12H15N5O2S. The average molecular weight is 293 g/mol. The van der Waals surface area contributed by atoms with E-state index < -0.39 is 5.91 Å². The Morgan fingerprint density at radius 2 is 2.30 bits per heavy atom. The molecule has 2 rings (SSSR count). The number of primary amides is 1. The number of urea groups is 1. The summed E-state index contributed by atoms with van der Waals surface area (Å²) in [6, 6.07) is 3.56. The van der Waals surface area contributed by atoms with Gasteiger partial charge in [-0.15, -0.1) is 0 Å². The molecule has 106 valence electrons. The van der Waals surface area contributed by atoms with E-state index in [-0.39, 0.29) is 11.6 Å². The standard InChI is InChI=1S/C12H15N5O2S/c1-17-6-2-3-8(17)4-5-14-12(19)16-11-9(10(13)18)7-15-20-11/h2-3,6-7H,4-5H2,1H3,(H2,13,18)(H2,14,16,19). The number of amides is 3. The molecule has 0 saturated carbocycles. The molecule has 0 bridgehead atoms. The quantitative estimate of drug-likeness (QED) is 0.764. The lowest BCUT2D eigenvalue weighted by Crippen LogP contribution is -2.31. The van der Waals surface area contributed by atoms with E-state index in [1.165, 1.54) is 6.20 Å². The lowest BCUT2D eigenvalue weighted by molar-refractivity contribution is 0.100. The summed E-state index contributed by atoms with van der Waals surface area (Å²) in [5.74, 6) is -0.613. The Morgan fingerprint density at radius 1 is 1.50 bits per heavy atom. The van der Waals surface area contributed by atoms with E-state index in [0.29, 0.717) is 11.5 Å². The minimum atomic E-state index is -0.613. The fourth-order valence-corrected chi connectivity index (χ4v) is 2.37. The predicted octanol–water partition coefficient (Wildman–Crippen LogP) is 0.945. The van der Waals surface area contributed by atoms with Crippen molar-refractivity contribution in [3.05, 3.63) is 35.8 Å². The van der Waals surface area contributed by atoms with Gasteiger partial charge in [-0.2, -0.15) is 4.37 Å². The highest BCUT2D eigenvalue weighted by molar-refractivity contribution is 7.10. The molecule has 4 N–H and O–H groups in total. The topological polar surface area (TPSA) is 102 Å². The van der Waals surface area contributed by atoms with Crippen LogP contribution >= 0.6 is 11.5 Å². The van der Waals surface area contributed by atoms with Crippen molar-refractivity contribution in [1.82, 2.24) is 14.3 Å². The lowest BCUT2D eigenvalue weighted by Gasteiger charge is -2.07. The van der Waals surface area contributed by atoms with Crippen LogP contribution in [-0.2, 0) is 13.5 Å². The number of rotatable bonds is 5. The Kier molecular flexibility index (Phi) is 4.36. The Bertz CT molecular complexity index is 619. The molecule has 0 radical (unpaired) electrons. The highest BCUT2D eigenvalue weighted by Crippen LogP contribution is 2.19. The summed E-state index contributed by atoms with van der Waals surface area (Å²) >= 11 is 1.01. The van der Waals surface area contributed by atoms with Crippen molar-refractivity contribution in [3.8, 4) is 0 Å². The van der Waals surface area contributed by atoms with E-state index in [2.05, 4.69) is 15.0 Å². The highest BCUT2D eigenvalue weighted by Gasteiger charge is 2.13. The van der Waals surface area contributed by atoms with Gasteiger partial charge in [-0.25, -0.2) is 4.79 Å².